The maximum absolute atomic E-state index is 12.7. The Morgan fingerprint density at radius 1 is 0.930 bits per heavy atom. The molecule has 2 aromatic carbocycles. The van der Waals surface area contributed by atoms with E-state index in [9.17, 15) is 38.6 Å². The van der Waals surface area contributed by atoms with Gasteiger partial charge in [0, 0.05) is 25.3 Å². The van der Waals surface area contributed by atoms with Crippen molar-refractivity contribution in [3.8, 4) is 0 Å². The van der Waals surface area contributed by atoms with E-state index in [1.54, 1.807) is 25.1 Å². The number of ether oxygens (including phenoxy) is 1. The number of nitrogens with one attached hydrogen (secondary N) is 2. The molecule has 0 amide bonds. The number of carbonyl (C=O) groups excluding carboxylic acids is 2. The minimum atomic E-state index is -4.56. The van der Waals surface area contributed by atoms with Crippen LogP contribution in [0.2, 0.25) is 0 Å². The molecular weight excluding hydrogens is 627 g/mol. The molecule has 0 aliphatic carbocycles. The number of aryl methyl sites for hydroxylation is 1. The predicted octanol–water partition coefficient (Wildman–Crippen LogP) is 1.05. The van der Waals surface area contributed by atoms with Crippen molar-refractivity contribution in [3.05, 3.63) is 72.3 Å². The maximum Gasteiger partial charge on any atom is 3.00 e. The van der Waals surface area contributed by atoms with E-state index < -0.39 is 44.4 Å². The number of ketones is 1. The van der Waals surface area contributed by atoms with Gasteiger partial charge in [0.15, 0.2) is 5.78 Å². The van der Waals surface area contributed by atoms with E-state index in [-0.39, 0.29) is 62.1 Å². The van der Waals surface area contributed by atoms with E-state index in [4.69, 9.17) is 5.11 Å². The summed E-state index contributed by atoms with van der Waals surface area (Å²) < 4.78 is 16.5. The summed E-state index contributed by atoms with van der Waals surface area (Å²) in [6.07, 6.45) is 0. The molecular formula is C27H36FeN4O10P+2. The van der Waals surface area contributed by atoms with Crippen molar-refractivity contribution in [1.29, 1.82) is 0 Å². The van der Waals surface area contributed by atoms with Crippen molar-refractivity contribution in [2.45, 2.75) is 19.3 Å². The fourth-order valence-electron chi connectivity index (χ4n) is 4.12. The van der Waals surface area contributed by atoms with E-state index in [1.807, 2.05) is 30.3 Å². The Kier molecular flexibility index (Phi) is 16.3. The molecule has 16 heteroatoms. The van der Waals surface area contributed by atoms with Crippen LogP contribution in [0.3, 0.4) is 0 Å². The zero-order chi connectivity index (χ0) is 31.3. The van der Waals surface area contributed by atoms with Crippen molar-refractivity contribution >= 4 is 37.0 Å². The Morgan fingerprint density at radius 3 is 2.02 bits per heavy atom. The van der Waals surface area contributed by atoms with Gasteiger partial charge in [-0.1, -0.05) is 42.5 Å². The average Bonchev–Trinajstić information content (AvgIpc) is 2.90. The van der Waals surface area contributed by atoms with Crippen molar-refractivity contribution in [3.63, 3.8) is 0 Å². The van der Waals surface area contributed by atoms with E-state index in [0.29, 0.717) is 16.8 Å². The Hall–Kier alpha value is -3.13. The smallest absolute Gasteiger partial charge is 0.639 e. The number of esters is 1. The number of nitrogens with zero attached hydrogens (tertiary/aromatic N) is 2. The van der Waals surface area contributed by atoms with Gasteiger partial charge in [-0.05, 0) is 29.7 Å². The van der Waals surface area contributed by atoms with E-state index in [0.717, 1.165) is 5.56 Å². The van der Waals surface area contributed by atoms with Gasteiger partial charge in [-0.25, -0.2) is 0 Å². The summed E-state index contributed by atoms with van der Waals surface area (Å²) in [5.41, 5.74) is 2.40. The molecule has 0 bridgehead atoms. The van der Waals surface area contributed by atoms with Crippen molar-refractivity contribution in [2.75, 3.05) is 51.1 Å². The number of anilines is 1. The molecule has 2 aromatic rings. The number of hydrogen-bond acceptors (Lipinski definition) is 10. The first-order valence-corrected chi connectivity index (χ1v) is 14.5. The van der Waals surface area contributed by atoms with Crippen LogP contribution in [0.15, 0.2) is 48.5 Å². The second kappa shape index (κ2) is 18.5. The van der Waals surface area contributed by atoms with Gasteiger partial charge >= 0.3 is 36.6 Å². The van der Waals surface area contributed by atoms with E-state index in [2.05, 4.69) is 22.5 Å². The van der Waals surface area contributed by atoms with Gasteiger partial charge < -0.3 is 30.1 Å². The molecule has 1 radical (unpaired) electrons. The molecule has 1 unspecified atom stereocenters. The normalized spacial score (nSPS) is 12.0. The van der Waals surface area contributed by atoms with Crippen LogP contribution < -0.4 is 10.6 Å². The summed E-state index contributed by atoms with van der Waals surface area (Å²) in [5, 5.41) is 24.2. The van der Waals surface area contributed by atoms with Crippen LogP contribution in [0.1, 0.15) is 22.5 Å². The topological polar surface area (TPSA) is 206 Å². The Morgan fingerprint density at radius 2 is 1.51 bits per heavy atom. The second-order valence-corrected chi connectivity index (χ2v) is 11.2. The van der Waals surface area contributed by atoms with Gasteiger partial charge in [0.2, 0.25) is 0 Å². The number of hydrogen-bond donors (Lipinski definition) is 6. The summed E-state index contributed by atoms with van der Waals surface area (Å²) in [4.78, 5) is 69.1. The molecule has 1 atom stereocenters. The average molecular weight is 663 g/mol. The fraction of sp³-hybridized carbons (Fsp3) is 0.370. The first-order chi connectivity index (χ1) is 19.8. The molecule has 0 heterocycles. The third-order valence-corrected chi connectivity index (χ3v) is 7.24. The van der Waals surface area contributed by atoms with Crippen molar-refractivity contribution in [2.24, 2.45) is 0 Å². The van der Waals surface area contributed by atoms with Gasteiger partial charge in [-0.2, -0.15) is 7.11 Å². The summed E-state index contributed by atoms with van der Waals surface area (Å²) in [6, 6.07) is 13.9. The summed E-state index contributed by atoms with van der Waals surface area (Å²) >= 11 is 0. The van der Waals surface area contributed by atoms with Crippen molar-refractivity contribution in [1.82, 2.24) is 15.1 Å². The fourth-order valence-corrected chi connectivity index (χ4v) is 5.00. The third-order valence-electron chi connectivity index (χ3n) is 6.08. The zero-order valence-electron chi connectivity index (χ0n) is 23.5. The zero-order valence-corrected chi connectivity index (χ0v) is 25.5. The third kappa shape index (κ3) is 14.3. The first-order valence-electron chi connectivity index (χ1n) is 12.8. The number of benzene rings is 2. The van der Waals surface area contributed by atoms with Crippen LogP contribution in [0, 0.1) is 14.0 Å². The quantitative estimate of drug-likeness (QED) is 0.0538. The SMILES string of the molecule is [CH2-]OC(=O)CN(CCN(CC(=O)O)CC(=O)CNc1ccc(C(NCc2ccccc2)P(=O)(O)O)cc1C)CC(=O)O.[Fe+3]. The van der Waals surface area contributed by atoms with E-state index in [1.165, 1.54) is 9.80 Å². The standard InChI is InChI=1S/C27H36N4O10P.Fe/c1-19-12-21(27(42(38,39)40)29-13-20-6-4-3-5-7-20)8-9-23(19)28-14-22(32)15-30(16-24(33)34)10-11-31(17-25(35)36)18-26(37)41-2;/h3-9,12,27-29H,2,10-11,13-18H2,1H3,(H,33,34)(H,35,36)(H2,38,39,40);/q-1;+3. The van der Waals surface area contributed by atoms with Gasteiger partial charge in [0.1, 0.15) is 5.78 Å². The minimum Gasteiger partial charge on any atom is -0.639 e. The molecule has 0 aromatic heterocycles. The molecule has 2 rings (SSSR count). The summed E-state index contributed by atoms with van der Waals surface area (Å²) in [5.74, 6) is -4.75. The minimum absolute atomic E-state index is 0. The van der Waals surface area contributed by atoms with Crippen LogP contribution in [0.25, 0.3) is 0 Å². The largest absolute Gasteiger partial charge is 3.00 e. The summed E-state index contributed by atoms with van der Waals surface area (Å²) in [7, 11) is -1.58. The van der Waals surface area contributed by atoms with Crippen LogP contribution in [0.5, 0.6) is 0 Å². The van der Waals surface area contributed by atoms with E-state index >= 15 is 0 Å². The van der Waals surface area contributed by atoms with Gasteiger partial charge in [0.05, 0.1) is 32.7 Å². The van der Waals surface area contributed by atoms with Crippen LogP contribution >= 0.6 is 7.60 Å². The van der Waals surface area contributed by atoms with Crippen LogP contribution in [0.4, 0.5) is 5.69 Å². The number of carboxylic acid groups (broad SMARTS) is 2. The number of aliphatic carboxylic acids is 2. The molecule has 0 aliphatic heterocycles. The van der Waals surface area contributed by atoms with Crippen LogP contribution in [-0.4, -0.2) is 99.3 Å². The number of carbonyl (C=O) groups is 4. The molecule has 235 valence electrons. The monoisotopic (exact) mass is 663 g/mol. The molecule has 43 heavy (non-hydrogen) atoms. The summed E-state index contributed by atoms with van der Waals surface area (Å²) in [6.45, 7) is 0.146. The first kappa shape index (κ1) is 37.9. The van der Waals surface area contributed by atoms with Gasteiger partial charge in [0.25, 0.3) is 5.97 Å². The molecule has 0 saturated carbocycles. The molecule has 6 N–H and O–H groups in total. The van der Waals surface area contributed by atoms with Gasteiger partial charge in [-0.3, -0.25) is 38.9 Å². The van der Waals surface area contributed by atoms with Crippen LogP contribution in [-0.2, 0) is 52.1 Å². The molecule has 0 fully saturated rings. The maximum atomic E-state index is 12.7. The number of Topliss-reactive ketones (excluding diaryl/α,β-unsaturated/α-hetero) is 1. The molecule has 14 nitrogen and oxygen atoms in total. The number of carboxylic acids is 2. The second-order valence-electron chi connectivity index (χ2n) is 9.55. The Bertz CT molecular complexity index is 1280. The molecule has 0 aliphatic rings. The van der Waals surface area contributed by atoms with Crippen molar-refractivity contribution < 1.29 is 65.5 Å². The predicted molar refractivity (Wildman–Crippen MR) is 152 cm³/mol. The Balaban J connectivity index is 0.00000924. The molecule has 0 spiro atoms. The number of rotatable bonds is 19. The Labute approximate surface area is 260 Å². The van der Waals surface area contributed by atoms with Gasteiger partial charge in [-0.15, -0.1) is 0 Å². The molecule has 0 saturated heterocycles.